The van der Waals surface area contributed by atoms with E-state index in [2.05, 4.69) is 49.9 Å². The molecule has 1 heterocycles. The van der Waals surface area contributed by atoms with Crippen molar-refractivity contribution < 1.29 is 4.79 Å². The van der Waals surface area contributed by atoms with Gasteiger partial charge in [-0.05, 0) is 33.6 Å². The highest BCUT2D eigenvalue weighted by atomic mass is 16.2. The predicted molar refractivity (Wildman–Crippen MR) is 81.9 cm³/mol. The molecule has 1 amide bonds. The van der Waals surface area contributed by atoms with Crippen molar-refractivity contribution in [2.24, 2.45) is 0 Å². The number of anilines is 1. The quantitative estimate of drug-likeness (QED) is 0.869. The molecular weight excluding hydrogens is 252 g/mol. The van der Waals surface area contributed by atoms with Gasteiger partial charge >= 0.3 is 0 Å². The number of hydrogen-bond donors (Lipinski definition) is 1. The smallest absolute Gasteiger partial charge is 0.274 e. The molecule has 0 radical (unpaired) electrons. The van der Waals surface area contributed by atoms with Gasteiger partial charge in [0.25, 0.3) is 5.91 Å². The zero-order chi connectivity index (χ0) is 15.2. The lowest BCUT2D eigenvalue weighted by Crippen LogP contribution is -2.33. The maximum Gasteiger partial charge on any atom is 0.274 e. The summed E-state index contributed by atoms with van der Waals surface area (Å²) in [4.78, 5) is 22.7. The fourth-order valence-electron chi connectivity index (χ4n) is 1.90. The first kappa shape index (κ1) is 16.4. The van der Waals surface area contributed by atoms with Gasteiger partial charge in [0, 0.05) is 18.6 Å². The van der Waals surface area contributed by atoms with Crippen LogP contribution < -0.4 is 5.32 Å². The van der Waals surface area contributed by atoms with Gasteiger partial charge in [-0.1, -0.05) is 13.8 Å². The summed E-state index contributed by atoms with van der Waals surface area (Å²) in [6.45, 7) is 11.8. The SMILES string of the molecule is CCCN(CCC)C(=O)c1cnc(NC(C)(C)C)cn1. The summed E-state index contributed by atoms with van der Waals surface area (Å²) in [5, 5.41) is 3.23. The fraction of sp³-hybridized carbons (Fsp3) is 0.667. The number of nitrogens with zero attached hydrogens (tertiary/aromatic N) is 3. The Bertz CT molecular complexity index is 416. The molecule has 0 aliphatic heterocycles. The van der Waals surface area contributed by atoms with Crippen LogP contribution in [-0.4, -0.2) is 39.4 Å². The number of aromatic nitrogens is 2. The molecule has 1 N–H and O–H groups in total. The number of carbonyl (C=O) groups excluding carboxylic acids is 1. The Balaban J connectivity index is 2.78. The molecule has 0 saturated heterocycles. The van der Waals surface area contributed by atoms with Crippen LogP contribution in [0.25, 0.3) is 0 Å². The minimum absolute atomic E-state index is 0.0384. The molecule has 0 spiro atoms. The van der Waals surface area contributed by atoms with E-state index in [1.165, 1.54) is 0 Å². The van der Waals surface area contributed by atoms with Gasteiger partial charge in [-0.3, -0.25) is 4.79 Å². The molecule has 0 aliphatic rings. The average molecular weight is 278 g/mol. The van der Waals surface area contributed by atoms with E-state index in [1.54, 1.807) is 12.4 Å². The van der Waals surface area contributed by atoms with E-state index in [9.17, 15) is 4.79 Å². The molecule has 1 rings (SSSR count). The molecule has 0 fully saturated rings. The number of amides is 1. The first-order valence-electron chi connectivity index (χ1n) is 7.27. The van der Waals surface area contributed by atoms with E-state index in [4.69, 9.17) is 0 Å². The van der Waals surface area contributed by atoms with E-state index in [0.717, 1.165) is 25.9 Å². The molecular formula is C15H26N4O. The second-order valence-electron chi connectivity index (χ2n) is 5.95. The third kappa shape index (κ3) is 5.15. The number of hydrogen-bond acceptors (Lipinski definition) is 4. The second kappa shape index (κ2) is 7.22. The molecule has 0 unspecified atom stereocenters. The number of carbonyl (C=O) groups is 1. The topological polar surface area (TPSA) is 58.1 Å². The highest BCUT2D eigenvalue weighted by Gasteiger charge is 2.17. The van der Waals surface area contributed by atoms with E-state index in [-0.39, 0.29) is 11.4 Å². The van der Waals surface area contributed by atoms with Crippen LogP contribution >= 0.6 is 0 Å². The molecule has 1 aromatic rings. The molecule has 20 heavy (non-hydrogen) atoms. The summed E-state index contributed by atoms with van der Waals surface area (Å²) in [6, 6.07) is 0. The maximum absolute atomic E-state index is 12.3. The zero-order valence-corrected chi connectivity index (χ0v) is 13.2. The Morgan fingerprint density at radius 1 is 1.15 bits per heavy atom. The summed E-state index contributed by atoms with van der Waals surface area (Å²) in [6.07, 6.45) is 5.06. The second-order valence-corrected chi connectivity index (χ2v) is 5.95. The summed E-state index contributed by atoms with van der Waals surface area (Å²) in [5.41, 5.74) is 0.336. The molecule has 0 bridgehead atoms. The van der Waals surface area contributed by atoms with Crippen LogP contribution in [0.2, 0.25) is 0 Å². The van der Waals surface area contributed by atoms with Gasteiger partial charge in [0.15, 0.2) is 0 Å². The van der Waals surface area contributed by atoms with Crippen molar-refractivity contribution in [2.45, 2.75) is 53.0 Å². The van der Waals surface area contributed by atoms with Gasteiger partial charge in [-0.2, -0.15) is 0 Å². The third-order valence-corrected chi connectivity index (χ3v) is 2.65. The Morgan fingerprint density at radius 3 is 2.15 bits per heavy atom. The van der Waals surface area contributed by atoms with Crippen molar-refractivity contribution in [3.63, 3.8) is 0 Å². The van der Waals surface area contributed by atoms with Gasteiger partial charge in [0.05, 0.1) is 12.4 Å². The molecule has 0 saturated carbocycles. The molecule has 1 aromatic heterocycles. The van der Waals surface area contributed by atoms with Crippen LogP contribution in [-0.2, 0) is 0 Å². The minimum atomic E-state index is -0.0728. The van der Waals surface area contributed by atoms with Crippen molar-refractivity contribution >= 4 is 11.7 Å². The van der Waals surface area contributed by atoms with Crippen molar-refractivity contribution in [1.82, 2.24) is 14.9 Å². The normalized spacial score (nSPS) is 11.2. The van der Waals surface area contributed by atoms with Crippen molar-refractivity contribution in [2.75, 3.05) is 18.4 Å². The van der Waals surface area contributed by atoms with Crippen molar-refractivity contribution in [3.8, 4) is 0 Å². The lowest BCUT2D eigenvalue weighted by molar-refractivity contribution is 0.0749. The van der Waals surface area contributed by atoms with E-state index in [0.29, 0.717) is 11.5 Å². The molecule has 0 aliphatic carbocycles. The third-order valence-electron chi connectivity index (χ3n) is 2.65. The van der Waals surface area contributed by atoms with Crippen molar-refractivity contribution in [1.29, 1.82) is 0 Å². The lowest BCUT2D eigenvalue weighted by atomic mass is 10.1. The van der Waals surface area contributed by atoms with E-state index in [1.807, 2.05) is 4.90 Å². The van der Waals surface area contributed by atoms with Gasteiger partial charge in [0.1, 0.15) is 11.5 Å². The van der Waals surface area contributed by atoms with Gasteiger partial charge in [-0.15, -0.1) is 0 Å². The van der Waals surface area contributed by atoms with Crippen LogP contribution in [0.3, 0.4) is 0 Å². The number of nitrogens with one attached hydrogen (secondary N) is 1. The first-order chi connectivity index (χ1) is 9.37. The van der Waals surface area contributed by atoms with Gasteiger partial charge in [0.2, 0.25) is 0 Å². The molecule has 5 nitrogen and oxygen atoms in total. The van der Waals surface area contributed by atoms with Gasteiger partial charge in [-0.25, -0.2) is 9.97 Å². The maximum atomic E-state index is 12.3. The minimum Gasteiger partial charge on any atom is -0.364 e. The van der Waals surface area contributed by atoms with Crippen molar-refractivity contribution in [3.05, 3.63) is 18.1 Å². The Morgan fingerprint density at radius 2 is 1.75 bits per heavy atom. The Labute approximate surface area is 121 Å². The van der Waals surface area contributed by atoms with Crippen LogP contribution in [0, 0.1) is 0 Å². The van der Waals surface area contributed by atoms with Gasteiger partial charge < -0.3 is 10.2 Å². The fourth-order valence-corrected chi connectivity index (χ4v) is 1.90. The standard InChI is InChI=1S/C15H26N4O/c1-6-8-19(9-7-2)14(20)12-10-17-13(11-16-12)18-15(3,4)5/h10-11H,6-9H2,1-5H3,(H,17,18). The first-order valence-corrected chi connectivity index (χ1v) is 7.27. The largest absolute Gasteiger partial charge is 0.364 e. The number of rotatable bonds is 6. The van der Waals surface area contributed by atoms with E-state index >= 15 is 0 Å². The monoisotopic (exact) mass is 278 g/mol. The molecule has 0 atom stereocenters. The molecule has 0 aromatic carbocycles. The lowest BCUT2D eigenvalue weighted by Gasteiger charge is -2.22. The van der Waals surface area contributed by atoms with Crippen LogP contribution in [0.1, 0.15) is 57.9 Å². The summed E-state index contributed by atoms with van der Waals surface area (Å²) >= 11 is 0. The molecule has 5 heteroatoms. The predicted octanol–water partition coefficient (Wildman–Crippen LogP) is 2.95. The highest BCUT2D eigenvalue weighted by Crippen LogP contribution is 2.11. The summed E-state index contributed by atoms with van der Waals surface area (Å²) in [7, 11) is 0. The zero-order valence-electron chi connectivity index (χ0n) is 13.2. The van der Waals surface area contributed by atoms with Crippen LogP contribution in [0.15, 0.2) is 12.4 Å². The van der Waals surface area contributed by atoms with Crippen LogP contribution in [0.4, 0.5) is 5.82 Å². The summed E-state index contributed by atoms with van der Waals surface area (Å²) in [5.74, 6) is 0.648. The highest BCUT2D eigenvalue weighted by molar-refractivity contribution is 5.92. The molecule has 112 valence electrons. The Kier molecular flexibility index (Phi) is 5.92. The van der Waals surface area contributed by atoms with E-state index < -0.39 is 0 Å². The summed E-state index contributed by atoms with van der Waals surface area (Å²) < 4.78 is 0. The Hall–Kier alpha value is -1.65. The van der Waals surface area contributed by atoms with Crippen LogP contribution in [0.5, 0.6) is 0 Å². The average Bonchev–Trinajstić information content (AvgIpc) is 2.37.